The molecule has 0 aliphatic carbocycles. The second-order valence-electron chi connectivity index (χ2n) is 10.5. The number of carboxylic acid groups (broad SMARTS) is 2. The largest absolute Gasteiger partial charge is 0.478 e. The van der Waals surface area contributed by atoms with Crippen molar-refractivity contribution in [3.63, 3.8) is 0 Å². The third-order valence-corrected chi connectivity index (χ3v) is 5.15. The normalized spacial score (nSPS) is 11.1. The molecule has 0 saturated carbocycles. The van der Waals surface area contributed by atoms with E-state index in [1.54, 1.807) is 24.3 Å². The highest BCUT2D eigenvalue weighted by Crippen LogP contribution is 2.26. The molecule has 2 aromatic carbocycles. The molecular formula is C30H46O9. The summed E-state index contributed by atoms with van der Waals surface area (Å²) < 4.78 is 15.0. The molecule has 9 heteroatoms. The Morgan fingerprint density at radius 3 is 1.08 bits per heavy atom. The zero-order valence-electron chi connectivity index (χ0n) is 24.1. The Balaban J connectivity index is 0.000000555. The highest BCUT2D eigenvalue weighted by molar-refractivity contribution is 5.90. The Labute approximate surface area is 232 Å². The molecule has 220 valence electrons. The second kappa shape index (κ2) is 19.3. The van der Waals surface area contributed by atoms with E-state index in [1.165, 1.54) is 0 Å². The predicted octanol–water partition coefficient (Wildman–Crippen LogP) is 4.39. The van der Waals surface area contributed by atoms with Crippen LogP contribution >= 0.6 is 0 Å². The van der Waals surface area contributed by atoms with E-state index >= 15 is 0 Å². The highest BCUT2D eigenvalue weighted by atomic mass is 16.5. The molecule has 0 aromatic heterocycles. The molecule has 0 unspecified atom stereocenters. The summed E-state index contributed by atoms with van der Waals surface area (Å²) >= 11 is 0. The van der Waals surface area contributed by atoms with E-state index in [9.17, 15) is 9.59 Å². The lowest BCUT2D eigenvalue weighted by molar-refractivity contribution is 0.00230. The van der Waals surface area contributed by atoms with Gasteiger partial charge in [0.15, 0.2) is 0 Å². The monoisotopic (exact) mass is 550 g/mol. The van der Waals surface area contributed by atoms with Crippen LogP contribution in [0.2, 0.25) is 0 Å². The highest BCUT2D eigenvalue weighted by Gasteiger charge is 2.21. The first-order chi connectivity index (χ1) is 18.3. The van der Waals surface area contributed by atoms with E-state index in [4.69, 9.17) is 34.6 Å². The summed E-state index contributed by atoms with van der Waals surface area (Å²) in [6.45, 7) is 14.8. The van der Waals surface area contributed by atoms with Crippen molar-refractivity contribution in [2.24, 2.45) is 0 Å². The molecule has 0 saturated heterocycles. The third-order valence-electron chi connectivity index (χ3n) is 5.15. The van der Waals surface area contributed by atoms with Crippen LogP contribution in [0.3, 0.4) is 0 Å². The Hall–Kier alpha value is -2.82. The summed E-state index contributed by atoms with van der Waals surface area (Å²) in [7, 11) is 0. The van der Waals surface area contributed by atoms with E-state index in [0.717, 1.165) is 11.1 Å². The van der Waals surface area contributed by atoms with E-state index in [1.807, 2.05) is 65.8 Å². The number of carbonyl (C=O) groups is 2. The third kappa shape index (κ3) is 16.0. The van der Waals surface area contributed by atoms with Crippen LogP contribution in [0.5, 0.6) is 0 Å². The van der Waals surface area contributed by atoms with Gasteiger partial charge in [-0.25, -0.2) is 9.59 Å². The lowest BCUT2D eigenvalue weighted by Gasteiger charge is -2.20. The molecule has 0 fully saturated rings. The lowest BCUT2D eigenvalue weighted by atomic mass is 9.84. The predicted molar refractivity (Wildman–Crippen MR) is 151 cm³/mol. The SMILES string of the molecule is CC(C)(C)c1ccccc1C(=O)O.CC(C)(C)c1ccccc1C(=O)O.OCCOCCOCCOCCO. The van der Waals surface area contributed by atoms with E-state index < -0.39 is 11.9 Å². The van der Waals surface area contributed by atoms with Gasteiger partial charge in [0.2, 0.25) is 0 Å². The number of hydrogen-bond acceptors (Lipinski definition) is 7. The van der Waals surface area contributed by atoms with Crippen LogP contribution in [0.15, 0.2) is 48.5 Å². The molecule has 2 aromatic rings. The summed E-state index contributed by atoms with van der Waals surface area (Å²) in [4.78, 5) is 21.7. The Bertz CT molecular complexity index is 882. The second-order valence-corrected chi connectivity index (χ2v) is 10.5. The lowest BCUT2D eigenvalue weighted by Crippen LogP contribution is -2.16. The first kappa shape index (κ1) is 36.2. The minimum atomic E-state index is -0.856. The number of carboxylic acids is 2. The van der Waals surface area contributed by atoms with Gasteiger partial charge in [-0.2, -0.15) is 0 Å². The van der Waals surface area contributed by atoms with Crippen molar-refractivity contribution >= 4 is 11.9 Å². The van der Waals surface area contributed by atoms with Crippen LogP contribution in [-0.4, -0.2) is 85.2 Å². The average molecular weight is 551 g/mol. The molecule has 0 amide bonds. The molecule has 0 aliphatic rings. The van der Waals surface area contributed by atoms with Crippen LogP contribution in [0, 0.1) is 0 Å². The summed E-state index contributed by atoms with van der Waals surface area (Å²) in [6.07, 6.45) is 0. The standard InChI is InChI=1S/2C11H14O2.C8H18O5/c2*1-11(2,3)9-7-5-4-6-8(9)10(12)13;9-1-3-11-5-7-13-8-6-12-4-2-10/h2*4-7H,1-3H3,(H,12,13);9-10H,1-8H2. The van der Waals surface area contributed by atoms with E-state index in [2.05, 4.69) is 0 Å². The van der Waals surface area contributed by atoms with Gasteiger partial charge in [0.05, 0.1) is 64.0 Å². The molecule has 0 radical (unpaired) electrons. The first-order valence-corrected chi connectivity index (χ1v) is 12.9. The molecule has 0 bridgehead atoms. The van der Waals surface area contributed by atoms with Crippen molar-refractivity contribution in [3.05, 3.63) is 70.8 Å². The van der Waals surface area contributed by atoms with Crippen molar-refractivity contribution < 1.29 is 44.2 Å². The molecule has 0 spiro atoms. The molecule has 4 N–H and O–H groups in total. The molecule has 9 nitrogen and oxygen atoms in total. The maximum atomic E-state index is 10.9. The summed E-state index contributed by atoms with van der Waals surface area (Å²) in [6, 6.07) is 14.2. The Morgan fingerprint density at radius 2 is 0.846 bits per heavy atom. The summed E-state index contributed by atoms with van der Waals surface area (Å²) in [5.74, 6) is -1.71. The molecule has 2 rings (SSSR count). The van der Waals surface area contributed by atoms with Gasteiger partial charge in [-0.15, -0.1) is 0 Å². The van der Waals surface area contributed by atoms with Gasteiger partial charge in [-0.3, -0.25) is 0 Å². The fourth-order valence-corrected chi connectivity index (χ4v) is 3.32. The minimum Gasteiger partial charge on any atom is -0.478 e. The quantitative estimate of drug-likeness (QED) is 0.283. The number of hydrogen-bond donors (Lipinski definition) is 4. The van der Waals surface area contributed by atoms with Crippen molar-refractivity contribution in [3.8, 4) is 0 Å². The van der Waals surface area contributed by atoms with Gasteiger partial charge in [0, 0.05) is 0 Å². The topological polar surface area (TPSA) is 143 Å². The Kier molecular flexibility index (Phi) is 17.9. The maximum absolute atomic E-state index is 10.9. The van der Waals surface area contributed by atoms with Crippen molar-refractivity contribution in [1.29, 1.82) is 0 Å². The average Bonchev–Trinajstić information content (AvgIpc) is 2.87. The zero-order valence-corrected chi connectivity index (χ0v) is 24.1. The number of aliphatic hydroxyl groups excluding tert-OH is 2. The summed E-state index contributed by atoms with van der Waals surface area (Å²) in [5.41, 5.74) is 2.32. The number of rotatable bonds is 12. The van der Waals surface area contributed by atoms with Crippen molar-refractivity contribution in [2.75, 3.05) is 52.9 Å². The number of aliphatic hydroxyl groups is 2. The molecular weight excluding hydrogens is 504 g/mol. The molecule has 39 heavy (non-hydrogen) atoms. The van der Waals surface area contributed by atoms with Gasteiger partial charge in [0.25, 0.3) is 0 Å². The summed E-state index contributed by atoms with van der Waals surface area (Å²) in [5, 5.41) is 34.6. The number of aromatic carboxylic acids is 2. The fourth-order valence-electron chi connectivity index (χ4n) is 3.32. The molecule has 0 atom stereocenters. The van der Waals surface area contributed by atoms with Crippen LogP contribution < -0.4 is 0 Å². The maximum Gasteiger partial charge on any atom is 0.335 e. The van der Waals surface area contributed by atoms with Gasteiger partial charge < -0.3 is 34.6 Å². The molecule has 0 aliphatic heterocycles. The van der Waals surface area contributed by atoms with Gasteiger partial charge in [-0.1, -0.05) is 77.9 Å². The molecule has 0 heterocycles. The van der Waals surface area contributed by atoms with Crippen LogP contribution in [0.1, 0.15) is 73.4 Å². The van der Waals surface area contributed by atoms with Gasteiger partial charge in [0.1, 0.15) is 0 Å². The van der Waals surface area contributed by atoms with Gasteiger partial charge >= 0.3 is 11.9 Å². The van der Waals surface area contributed by atoms with Crippen molar-refractivity contribution in [2.45, 2.75) is 52.4 Å². The van der Waals surface area contributed by atoms with E-state index in [0.29, 0.717) is 50.8 Å². The van der Waals surface area contributed by atoms with E-state index in [-0.39, 0.29) is 24.0 Å². The van der Waals surface area contributed by atoms with Gasteiger partial charge in [-0.05, 0) is 34.1 Å². The smallest absolute Gasteiger partial charge is 0.335 e. The minimum absolute atomic E-state index is 0.0413. The fraction of sp³-hybridized carbons (Fsp3) is 0.533. The van der Waals surface area contributed by atoms with Crippen molar-refractivity contribution in [1.82, 2.24) is 0 Å². The number of ether oxygens (including phenoxy) is 3. The van der Waals surface area contributed by atoms with Crippen LogP contribution in [0.25, 0.3) is 0 Å². The number of benzene rings is 2. The Morgan fingerprint density at radius 1 is 0.564 bits per heavy atom. The van der Waals surface area contributed by atoms with Crippen LogP contribution in [-0.2, 0) is 25.0 Å². The first-order valence-electron chi connectivity index (χ1n) is 12.9. The zero-order chi connectivity index (χ0) is 29.9. The van der Waals surface area contributed by atoms with Crippen LogP contribution in [0.4, 0.5) is 0 Å².